The summed E-state index contributed by atoms with van der Waals surface area (Å²) in [4.78, 5) is 10.8. The van der Waals surface area contributed by atoms with E-state index >= 15 is 0 Å². The summed E-state index contributed by atoms with van der Waals surface area (Å²) in [5, 5.41) is 16.5. The topological polar surface area (TPSA) is 49.3 Å². The summed E-state index contributed by atoms with van der Waals surface area (Å²) in [6.07, 6.45) is 0.00304. The second-order valence-electron chi connectivity index (χ2n) is 4.04. The Hall–Kier alpha value is -1.04. The van der Waals surface area contributed by atoms with Gasteiger partial charge in [0.1, 0.15) is 0 Å². The molecule has 0 radical (unpaired) electrons. The molecule has 0 bridgehead atoms. The zero-order valence-corrected chi connectivity index (χ0v) is 13.2. The first-order chi connectivity index (χ1) is 8.99. The second kappa shape index (κ2) is 5.94. The Kier molecular flexibility index (Phi) is 4.50. The van der Waals surface area contributed by atoms with Crippen molar-refractivity contribution in [2.24, 2.45) is 0 Å². The summed E-state index contributed by atoms with van der Waals surface area (Å²) in [7, 11) is 0. The van der Waals surface area contributed by atoms with Crippen LogP contribution in [-0.4, -0.2) is 11.1 Å². The zero-order chi connectivity index (χ0) is 14.0. The van der Waals surface area contributed by atoms with E-state index in [1.807, 2.05) is 29.8 Å². The van der Waals surface area contributed by atoms with E-state index in [1.54, 1.807) is 0 Å². The number of aliphatic carboxylic acids is 1. The standard InChI is InChI=1S/C13H11BrClNO2S/c1-7-10(15)3-2-9(14)13(7)16-11-6-19-5-8(11)4-12(17)18/h2-3,5-6,16H,4H2,1H3,(H,17,18). The van der Waals surface area contributed by atoms with Crippen molar-refractivity contribution < 1.29 is 9.90 Å². The highest BCUT2D eigenvalue weighted by atomic mass is 79.9. The largest absolute Gasteiger partial charge is 0.481 e. The number of halogens is 2. The van der Waals surface area contributed by atoms with Gasteiger partial charge in [0.15, 0.2) is 0 Å². The lowest BCUT2D eigenvalue weighted by atomic mass is 10.1. The molecule has 2 aromatic rings. The molecule has 19 heavy (non-hydrogen) atoms. The summed E-state index contributed by atoms with van der Waals surface area (Å²) in [5.41, 5.74) is 3.35. The Morgan fingerprint density at radius 2 is 2.21 bits per heavy atom. The molecule has 2 N–H and O–H groups in total. The monoisotopic (exact) mass is 359 g/mol. The quantitative estimate of drug-likeness (QED) is 0.820. The van der Waals surface area contributed by atoms with Gasteiger partial charge in [0.05, 0.1) is 17.8 Å². The number of anilines is 2. The minimum atomic E-state index is -0.844. The minimum Gasteiger partial charge on any atom is -0.481 e. The fourth-order valence-electron chi connectivity index (χ4n) is 1.67. The first kappa shape index (κ1) is 14.4. The Bertz CT molecular complexity index is 627. The summed E-state index contributed by atoms with van der Waals surface area (Å²) in [6.45, 7) is 1.92. The Labute approximate surface area is 128 Å². The molecule has 0 fully saturated rings. The Balaban J connectivity index is 2.34. The number of carboxylic acids is 1. The molecule has 0 amide bonds. The van der Waals surface area contributed by atoms with Gasteiger partial charge in [-0.05, 0) is 51.5 Å². The average molecular weight is 361 g/mol. The normalized spacial score (nSPS) is 10.5. The lowest BCUT2D eigenvalue weighted by Gasteiger charge is -2.13. The molecule has 6 heteroatoms. The molecule has 0 unspecified atom stereocenters. The smallest absolute Gasteiger partial charge is 0.307 e. The minimum absolute atomic E-state index is 0.00304. The van der Waals surface area contributed by atoms with Gasteiger partial charge in [0, 0.05) is 14.9 Å². The molecular formula is C13H11BrClNO2S. The van der Waals surface area contributed by atoms with Crippen LogP contribution in [0.2, 0.25) is 5.02 Å². The predicted octanol–water partition coefficient (Wildman–Crippen LogP) is 4.84. The van der Waals surface area contributed by atoms with Gasteiger partial charge in [-0.3, -0.25) is 4.79 Å². The highest BCUT2D eigenvalue weighted by Gasteiger charge is 2.12. The Morgan fingerprint density at radius 3 is 2.89 bits per heavy atom. The number of benzene rings is 1. The Morgan fingerprint density at radius 1 is 1.47 bits per heavy atom. The van der Waals surface area contributed by atoms with Crippen LogP contribution < -0.4 is 5.32 Å². The van der Waals surface area contributed by atoms with Gasteiger partial charge in [-0.25, -0.2) is 0 Å². The highest BCUT2D eigenvalue weighted by Crippen LogP contribution is 2.35. The van der Waals surface area contributed by atoms with E-state index in [4.69, 9.17) is 16.7 Å². The van der Waals surface area contributed by atoms with Crippen molar-refractivity contribution in [3.63, 3.8) is 0 Å². The van der Waals surface area contributed by atoms with Crippen molar-refractivity contribution in [1.29, 1.82) is 0 Å². The molecule has 3 nitrogen and oxygen atoms in total. The molecule has 0 aliphatic heterocycles. The maximum atomic E-state index is 10.8. The molecular weight excluding hydrogens is 350 g/mol. The van der Waals surface area contributed by atoms with Gasteiger partial charge in [-0.15, -0.1) is 11.3 Å². The fraction of sp³-hybridized carbons (Fsp3) is 0.154. The van der Waals surface area contributed by atoms with Crippen molar-refractivity contribution in [3.8, 4) is 0 Å². The van der Waals surface area contributed by atoms with Crippen LogP contribution >= 0.6 is 38.9 Å². The van der Waals surface area contributed by atoms with E-state index in [9.17, 15) is 4.79 Å². The van der Waals surface area contributed by atoms with Crippen LogP contribution in [-0.2, 0) is 11.2 Å². The summed E-state index contributed by atoms with van der Waals surface area (Å²) in [5.74, 6) is -0.844. The predicted molar refractivity (Wildman–Crippen MR) is 82.8 cm³/mol. The zero-order valence-electron chi connectivity index (χ0n) is 10.0. The average Bonchev–Trinajstić information content (AvgIpc) is 2.76. The molecule has 0 spiro atoms. The molecule has 2 rings (SSSR count). The van der Waals surface area contributed by atoms with Crippen molar-refractivity contribution in [1.82, 2.24) is 0 Å². The van der Waals surface area contributed by atoms with E-state index in [2.05, 4.69) is 21.2 Å². The molecule has 0 aliphatic carbocycles. The van der Waals surface area contributed by atoms with Crippen LogP contribution in [0.3, 0.4) is 0 Å². The third kappa shape index (κ3) is 3.29. The highest BCUT2D eigenvalue weighted by molar-refractivity contribution is 9.10. The van der Waals surface area contributed by atoms with Crippen LogP contribution in [0, 0.1) is 6.92 Å². The van der Waals surface area contributed by atoms with Crippen molar-refractivity contribution in [2.75, 3.05) is 5.32 Å². The fourth-order valence-corrected chi connectivity index (χ4v) is 3.15. The summed E-state index contributed by atoms with van der Waals surface area (Å²) < 4.78 is 0.891. The van der Waals surface area contributed by atoms with Crippen LogP contribution in [0.5, 0.6) is 0 Å². The third-order valence-electron chi connectivity index (χ3n) is 2.69. The van der Waals surface area contributed by atoms with Crippen molar-refractivity contribution >= 4 is 56.2 Å². The lowest BCUT2D eigenvalue weighted by Crippen LogP contribution is -2.02. The molecule has 0 saturated heterocycles. The van der Waals surface area contributed by atoms with Crippen LogP contribution in [0.15, 0.2) is 27.4 Å². The lowest BCUT2D eigenvalue weighted by molar-refractivity contribution is -0.136. The number of rotatable bonds is 4. The molecule has 0 aliphatic rings. The number of hydrogen-bond acceptors (Lipinski definition) is 3. The van der Waals surface area contributed by atoms with Gasteiger partial charge in [-0.1, -0.05) is 11.6 Å². The van der Waals surface area contributed by atoms with E-state index in [0.29, 0.717) is 5.02 Å². The number of carbonyl (C=O) groups is 1. The molecule has 0 atom stereocenters. The van der Waals surface area contributed by atoms with Crippen LogP contribution in [0.4, 0.5) is 11.4 Å². The van der Waals surface area contributed by atoms with Crippen molar-refractivity contribution in [3.05, 3.63) is 43.5 Å². The third-order valence-corrected chi connectivity index (χ3v) is 4.55. The number of nitrogens with one attached hydrogen (secondary N) is 1. The van der Waals surface area contributed by atoms with Crippen LogP contribution in [0.25, 0.3) is 0 Å². The van der Waals surface area contributed by atoms with Crippen molar-refractivity contribution in [2.45, 2.75) is 13.3 Å². The van der Waals surface area contributed by atoms with Crippen LogP contribution in [0.1, 0.15) is 11.1 Å². The van der Waals surface area contributed by atoms with Gasteiger partial charge >= 0.3 is 5.97 Å². The summed E-state index contributed by atoms with van der Waals surface area (Å²) >= 11 is 11.0. The molecule has 1 heterocycles. The molecule has 100 valence electrons. The summed E-state index contributed by atoms with van der Waals surface area (Å²) in [6, 6.07) is 3.68. The van der Waals surface area contributed by atoms with Gasteiger partial charge in [0.25, 0.3) is 0 Å². The van der Waals surface area contributed by atoms with E-state index in [0.717, 1.165) is 27.0 Å². The van der Waals surface area contributed by atoms with E-state index < -0.39 is 5.97 Å². The number of thiophene rings is 1. The molecule has 1 aromatic carbocycles. The van der Waals surface area contributed by atoms with Gasteiger partial charge < -0.3 is 10.4 Å². The number of hydrogen-bond donors (Lipinski definition) is 2. The van der Waals surface area contributed by atoms with Gasteiger partial charge in [0.2, 0.25) is 0 Å². The maximum absolute atomic E-state index is 10.8. The van der Waals surface area contributed by atoms with Gasteiger partial charge in [-0.2, -0.15) is 0 Å². The SMILES string of the molecule is Cc1c(Cl)ccc(Br)c1Nc1cscc1CC(=O)O. The first-order valence-electron chi connectivity index (χ1n) is 5.47. The maximum Gasteiger partial charge on any atom is 0.307 e. The second-order valence-corrected chi connectivity index (χ2v) is 6.04. The molecule has 0 saturated carbocycles. The van der Waals surface area contributed by atoms with E-state index in [-0.39, 0.29) is 6.42 Å². The number of carboxylic acid groups (broad SMARTS) is 1. The first-order valence-corrected chi connectivity index (χ1v) is 7.59. The van der Waals surface area contributed by atoms with E-state index in [1.165, 1.54) is 11.3 Å². The molecule has 1 aromatic heterocycles.